The summed E-state index contributed by atoms with van der Waals surface area (Å²) in [6, 6.07) is 2.74. The molecule has 39 heavy (non-hydrogen) atoms. The Balaban J connectivity index is 1.72. The summed E-state index contributed by atoms with van der Waals surface area (Å²) in [7, 11) is 0. The lowest BCUT2D eigenvalue weighted by molar-refractivity contribution is -0.274. The zero-order valence-corrected chi connectivity index (χ0v) is 23.4. The molecule has 0 spiro atoms. The maximum absolute atomic E-state index is 13.7. The van der Waals surface area contributed by atoms with Crippen LogP contribution in [0.2, 0.25) is 0 Å². The minimum Gasteiger partial charge on any atom is -0.508 e. The minimum absolute atomic E-state index is 0.101. The molecule has 2 aliphatic carbocycles. The average molecular weight is 654 g/mol. The van der Waals surface area contributed by atoms with Crippen molar-refractivity contribution in [2.75, 3.05) is 12.0 Å². The Morgan fingerprint density at radius 3 is 2.41 bits per heavy atom. The van der Waals surface area contributed by atoms with E-state index in [1.54, 1.807) is 6.08 Å². The predicted octanol–water partition coefficient (Wildman–Crippen LogP) is 4.41. The monoisotopic (exact) mass is 652 g/mol. The first kappa shape index (κ1) is 28.2. The predicted molar refractivity (Wildman–Crippen MR) is 135 cm³/mol. The second-order valence-electron chi connectivity index (χ2n) is 10.1. The van der Waals surface area contributed by atoms with Gasteiger partial charge in [-0.15, -0.1) is 36.4 Å². The second kappa shape index (κ2) is 9.37. The molecule has 14 heteroatoms. The Labute approximate surface area is 239 Å². The van der Waals surface area contributed by atoms with E-state index < -0.39 is 69.0 Å². The Morgan fingerprint density at radius 2 is 1.79 bits per heavy atom. The number of likely N-dealkylation sites (tertiary alicyclic amines) is 2. The van der Waals surface area contributed by atoms with Gasteiger partial charge in [-0.2, -0.15) is 0 Å². The van der Waals surface area contributed by atoms with E-state index in [9.17, 15) is 37.5 Å². The molecule has 1 aromatic rings. The fourth-order valence-corrected chi connectivity index (χ4v) is 7.99. The first-order valence-electron chi connectivity index (χ1n) is 12.1. The van der Waals surface area contributed by atoms with E-state index in [4.69, 9.17) is 23.2 Å². The fraction of sp³-hybridized carbons (Fsp3) is 0.520. The molecule has 8 nitrogen and oxygen atoms in total. The molecule has 3 fully saturated rings. The minimum atomic E-state index is -5.05. The number of halogens is 6. The number of ether oxygens (including phenoxy) is 1. The summed E-state index contributed by atoms with van der Waals surface area (Å²) in [6.07, 6.45) is -3.07. The normalized spacial score (nSPS) is 34.2. The molecule has 2 aliphatic heterocycles. The molecule has 210 valence electrons. The molecule has 0 radical (unpaired) electrons. The van der Waals surface area contributed by atoms with Crippen molar-refractivity contribution in [1.82, 2.24) is 9.80 Å². The number of hydrogen-bond acceptors (Lipinski definition) is 6. The third-order valence-corrected chi connectivity index (χ3v) is 10.0. The second-order valence-corrected chi connectivity index (χ2v) is 11.8. The number of amides is 4. The van der Waals surface area contributed by atoms with Crippen LogP contribution in [0.1, 0.15) is 37.7 Å². The molecule has 6 atom stereocenters. The largest absolute Gasteiger partial charge is 0.573 e. The molecule has 0 aromatic heterocycles. The number of fused-ring (bicyclic) bond motifs is 4. The van der Waals surface area contributed by atoms with Gasteiger partial charge in [0, 0.05) is 18.0 Å². The van der Waals surface area contributed by atoms with Gasteiger partial charge in [-0.1, -0.05) is 34.5 Å². The van der Waals surface area contributed by atoms with Gasteiger partial charge >= 0.3 is 6.36 Å². The number of nitrogens with zero attached hydrogens (tertiary/aromatic N) is 2. The van der Waals surface area contributed by atoms with Crippen LogP contribution in [0.3, 0.4) is 0 Å². The SMILES string of the molecule is CCCN1C(=O)C2CC=C3C(CC4(Cl)C(=O)N(CBr)C(=O)C4(Cl)C3c3cc(OC(F)(F)F)ccc3O)C2C1=O. The van der Waals surface area contributed by atoms with Crippen LogP contribution in [0.4, 0.5) is 13.2 Å². The number of aromatic hydroxyl groups is 1. The number of benzene rings is 1. The van der Waals surface area contributed by atoms with Crippen molar-refractivity contribution in [2.45, 2.75) is 48.2 Å². The summed E-state index contributed by atoms with van der Waals surface area (Å²) < 4.78 is 43.2. The number of alkyl halides is 6. The topological polar surface area (TPSA) is 104 Å². The summed E-state index contributed by atoms with van der Waals surface area (Å²) in [5.41, 5.74) is -0.147. The lowest BCUT2D eigenvalue weighted by Gasteiger charge is -2.50. The standard InChI is InChI=1S/C25H22BrCl2F3N2O6/c1-2-7-32-19(35)13-5-4-12-15(17(13)20(32)36)9-23(27)21(37)33(10-26)22(38)24(23,28)18(12)14-8-11(3-6-16(14)34)39-25(29,30)31/h3-4,6,8,13,15,17-18,34H,2,5,7,9-10H2,1H3. The van der Waals surface area contributed by atoms with Crippen LogP contribution < -0.4 is 4.74 Å². The van der Waals surface area contributed by atoms with Gasteiger partial charge < -0.3 is 9.84 Å². The first-order chi connectivity index (χ1) is 18.2. The summed E-state index contributed by atoms with van der Waals surface area (Å²) in [6.45, 7) is 2.02. The number of hydrogen-bond donors (Lipinski definition) is 1. The van der Waals surface area contributed by atoms with E-state index in [2.05, 4.69) is 20.7 Å². The zero-order valence-electron chi connectivity index (χ0n) is 20.3. The van der Waals surface area contributed by atoms with Gasteiger partial charge in [-0.25, -0.2) is 0 Å². The van der Waals surface area contributed by atoms with Gasteiger partial charge in [0.1, 0.15) is 11.5 Å². The van der Waals surface area contributed by atoms with Crippen molar-refractivity contribution in [1.29, 1.82) is 0 Å². The fourth-order valence-electron chi connectivity index (χ4n) is 6.57. The van der Waals surface area contributed by atoms with Crippen molar-refractivity contribution in [3.63, 3.8) is 0 Å². The van der Waals surface area contributed by atoms with E-state index in [0.29, 0.717) is 12.0 Å². The molecule has 6 unspecified atom stereocenters. The van der Waals surface area contributed by atoms with Crippen LogP contribution in [0.25, 0.3) is 0 Å². The van der Waals surface area contributed by atoms with Crippen molar-refractivity contribution in [3.8, 4) is 11.5 Å². The van der Waals surface area contributed by atoms with E-state index in [-0.39, 0.29) is 36.3 Å². The third kappa shape index (κ3) is 3.92. The molecule has 1 saturated carbocycles. The highest BCUT2D eigenvalue weighted by molar-refractivity contribution is 9.09. The maximum Gasteiger partial charge on any atom is 0.573 e. The zero-order chi connectivity index (χ0) is 28.7. The summed E-state index contributed by atoms with van der Waals surface area (Å²) >= 11 is 17.1. The summed E-state index contributed by atoms with van der Waals surface area (Å²) in [5.74, 6) is -7.69. The Kier molecular flexibility index (Phi) is 6.78. The number of carbonyl (C=O) groups is 4. The van der Waals surface area contributed by atoms with Gasteiger partial charge in [0.15, 0.2) is 9.75 Å². The van der Waals surface area contributed by atoms with Crippen LogP contribution in [0.15, 0.2) is 29.8 Å². The van der Waals surface area contributed by atoms with Crippen LogP contribution >= 0.6 is 39.1 Å². The molecule has 4 aliphatic rings. The molecule has 2 heterocycles. The summed E-state index contributed by atoms with van der Waals surface area (Å²) in [5, 5.41) is 10.8. The highest BCUT2D eigenvalue weighted by Gasteiger charge is 2.76. The molecule has 1 N–H and O–H groups in total. The Hall–Kier alpha value is -2.31. The average Bonchev–Trinajstić information content (AvgIpc) is 3.18. The number of phenolic OH excluding ortho intramolecular Hbond substituents is 1. The molecule has 5 rings (SSSR count). The number of phenols is 1. The third-order valence-electron chi connectivity index (χ3n) is 8.10. The first-order valence-corrected chi connectivity index (χ1v) is 14.0. The van der Waals surface area contributed by atoms with Gasteiger partial charge in [-0.05, 0) is 43.4 Å². The highest BCUT2D eigenvalue weighted by Crippen LogP contribution is 2.66. The van der Waals surface area contributed by atoms with Gasteiger partial charge in [0.2, 0.25) is 11.8 Å². The quantitative estimate of drug-likeness (QED) is 0.219. The van der Waals surface area contributed by atoms with Crippen LogP contribution in [-0.2, 0) is 19.2 Å². The van der Waals surface area contributed by atoms with Crippen molar-refractivity contribution in [2.24, 2.45) is 17.8 Å². The smallest absolute Gasteiger partial charge is 0.508 e. The molecular formula is C25H22BrCl2F3N2O6. The van der Waals surface area contributed by atoms with Crippen LogP contribution in [0.5, 0.6) is 11.5 Å². The lowest BCUT2D eigenvalue weighted by Crippen LogP contribution is -2.60. The van der Waals surface area contributed by atoms with E-state index in [0.717, 1.165) is 23.1 Å². The highest BCUT2D eigenvalue weighted by atomic mass is 79.9. The van der Waals surface area contributed by atoms with Crippen LogP contribution in [0, 0.1) is 17.8 Å². The number of imide groups is 2. The van der Waals surface area contributed by atoms with Crippen LogP contribution in [-0.4, -0.2) is 66.6 Å². The number of rotatable bonds is 5. The maximum atomic E-state index is 13.7. The van der Waals surface area contributed by atoms with E-state index >= 15 is 0 Å². The van der Waals surface area contributed by atoms with Crippen molar-refractivity contribution < 1.29 is 42.2 Å². The van der Waals surface area contributed by atoms with Crippen molar-refractivity contribution in [3.05, 3.63) is 35.4 Å². The Bertz CT molecular complexity index is 1320. The van der Waals surface area contributed by atoms with E-state index in [1.165, 1.54) is 4.90 Å². The lowest BCUT2D eigenvalue weighted by atomic mass is 9.56. The molecule has 4 amide bonds. The molecule has 1 aromatic carbocycles. The van der Waals surface area contributed by atoms with Crippen molar-refractivity contribution >= 4 is 62.8 Å². The Morgan fingerprint density at radius 1 is 1.10 bits per heavy atom. The molecule has 0 bridgehead atoms. The molecular weight excluding hydrogens is 632 g/mol. The number of allylic oxidation sites excluding steroid dienone is 2. The summed E-state index contributed by atoms with van der Waals surface area (Å²) in [4.78, 5) is 51.4. The van der Waals surface area contributed by atoms with E-state index in [1.807, 2.05) is 6.92 Å². The molecule has 2 saturated heterocycles. The van der Waals surface area contributed by atoms with Gasteiger partial charge in [0.25, 0.3) is 11.8 Å². The van der Waals surface area contributed by atoms with Gasteiger partial charge in [-0.3, -0.25) is 29.0 Å². The number of carbonyl (C=O) groups excluding carboxylic acids is 4. The van der Waals surface area contributed by atoms with Gasteiger partial charge in [0.05, 0.1) is 17.3 Å².